The van der Waals surface area contributed by atoms with Crippen molar-refractivity contribution in [1.29, 1.82) is 0 Å². The quantitative estimate of drug-likeness (QED) is 0.0320. The first kappa shape index (κ1) is 74.3. The fourth-order valence-corrected chi connectivity index (χ4v) is 10.9. The Morgan fingerprint density at radius 3 is 0.934 bits per heavy atom. The van der Waals surface area contributed by atoms with Gasteiger partial charge in [-0.15, -0.1) is 0 Å². The fraction of sp³-hybridized carbons (Fsp3) is 0.914. The number of hydrogen-bond acceptors (Lipinski definition) is 5. The van der Waals surface area contributed by atoms with E-state index < -0.39 is 12.1 Å². The number of amides is 1. The summed E-state index contributed by atoms with van der Waals surface area (Å²) in [5, 5.41) is 23.3. The van der Waals surface area contributed by atoms with Crippen molar-refractivity contribution in [3.05, 3.63) is 24.3 Å². The summed E-state index contributed by atoms with van der Waals surface area (Å²) in [5.41, 5.74) is 0. The summed E-state index contributed by atoms with van der Waals surface area (Å²) < 4.78 is 5.49. The number of carbonyl (C=O) groups is 2. The average molecular weight is 1070 g/mol. The monoisotopic (exact) mass is 1070 g/mol. The van der Waals surface area contributed by atoms with Gasteiger partial charge in [-0.2, -0.15) is 0 Å². The molecule has 2 unspecified atom stereocenters. The summed E-state index contributed by atoms with van der Waals surface area (Å²) in [4.78, 5) is 24.6. The van der Waals surface area contributed by atoms with E-state index in [1.54, 1.807) is 6.08 Å². The second-order valence-electron chi connectivity index (χ2n) is 23.9. The van der Waals surface area contributed by atoms with Crippen molar-refractivity contribution in [2.45, 2.75) is 398 Å². The Kier molecular flexibility index (Phi) is 64.4. The molecule has 450 valence electrons. The molecule has 2 atom stereocenters. The van der Waals surface area contributed by atoms with Crippen LogP contribution in [0.25, 0.3) is 0 Å². The molecule has 0 aromatic heterocycles. The Morgan fingerprint density at radius 2 is 0.618 bits per heavy atom. The smallest absolute Gasteiger partial charge is 0.305 e. The van der Waals surface area contributed by atoms with Crippen LogP contribution in [0.15, 0.2) is 24.3 Å². The molecule has 0 heterocycles. The van der Waals surface area contributed by atoms with Crippen LogP contribution in [0, 0.1) is 0 Å². The predicted molar refractivity (Wildman–Crippen MR) is 333 cm³/mol. The lowest BCUT2D eigenvalue weighted by Crippen LogP contribution is -2.45. The first-order valence-corrected chi connectivity index (χ1v) is 34.6. The first-order chi connectivity index (χ1) is 37.5. The molecule has 6 heteroatoms. The summed E-state index contributed by atoms with van der Waals surface area (Å²) in [5.74, 6) is -0.0601. The van der Waals surface area contributed by atoms with Crippen molar-refractivity contribution >= 4 is 11.9 Å². The first-order valence-electron chi connectivity index (χ1n) is 34.6. The van der Waals surface area contributed by atoms with Crippen LogP contribution in [0.4, 0.5) is 0 Å². The van der Waals surface area contributed by atoms with Crippen molar-refractivity contribution in [3.63, 3.8) is 0 Å². The molecule has 6 nitrogen and oxygen atoms in total. The highest BCUT2D eigenvalue weighted by Crippen LogP contribution is 2.19. The van der Waals surface area contributed by atoms with Crippen LogP contribution in [0.2, 0.25) is 0 Å². The van der Waals surface area contributed by atoms with E-state index >= 15 is 0 Å². The Labute approximate surface area is 475 Å². The fourth-order valence-electron chi connectivity index (χ4n) is 10.9. The van der Waals surface area contributed by atoms with Gasteiger partial charge in [-0.05, 0) is 57.8 Å². The van der Waals surface area contributed by atoms with Gasteiger partial charge >= 0.3 is 5.97 Å². The van der Waals surface area contributed by atoms with Gasteiger partial charge in [-0.25, -0.2) is 0 Å². The molecule has 0 saturated heterocycles. The minimum Gasteiger partial charge on any atom is -0.466 e. The van der Waals surface area contributed by atoms with Gasteiger partial charge in [0.15, 0.2) is 0 Å². The maximum Gasteiger partial charge on any atom is 0.305 e. The lowest BCUT2D eigenvalue weighted by Gasteiger charge is -2.20. The minimum absolute atomic E-state index is 0.00488. The highest BCUT2D eigenvalue weighted by molar-refractivity contribution is 5.76. The predicted octanol–water partition coefficient (Wildman–Crippen LogP) is 22.1. The van der Waals surface area contributed by atoms with E-state index in [-0.39, 0.29) is 18.5 Å². The Bertz CT molecular complexity index is 1190. The molecule has 0 aliphatic carbocycles. The van der Waals surface area contributed by atoms with Crippen LogP contribution >= 0.6 is 0 Å². The van der Waals surface area contributed by atoms with E-state index in [2.05, 4.69) is 31.3 Å². The molecule has 0 saturated carbocycles. The molecule has 0 radical (unpaired) electrons. The van der Waals surface area contributed by atoms with Crippen molar-refractivity contribution in [3.8, 4) is 0 Å². The molecule has 76 heavy (non-hydrogen) atoms. The third kappa shape index (κ3) is 61.6. The van der Waals surface area contributed by atoms with Gasteiger partial charge in [0.05, 0.1) is 25.4 Å². The topological polar surface area (TPSA) is 95.9 Å². The largest absolute Gasteiger partial charge is 0.466 e. The number of hydrogen-bond donors (Lipinski definition) is 3. The zero-order valence-corrected chi connectivity index (χ0v) is 51.5. The Balaban J connectivity index is 3.41. The molecule has 0 fully saturated rings. The van der Waals surface area contributed by atoms with Gasteiger partial charge in [-0.1, -0.05) is 340 Å². The summed E-state index contributed by atoms with van der Waals surface area (Å²) in [6.45, 7) is 4.93. The van der Waals surface area contributed by atoms with Gasteiger partial charge in [0.1, 0.15) is 0 Å². The lowest BCUT2D eigenvalue weighted by molar-refractivity contribution is -0.143. The van der Waals surface area contributed by atoms with Crippen molar-refractivity contribution in [2.24, 2.45) is 0 Å². The van der Waals surface area contributed by atoms with Crippen LogP contribution in [0.5, 0.6) is 0 Å². The second kappa shape index (κ2) is 65.9. The van der Waals surface area contributed by atoms with Crippen LogP contribution in [0.3, 0.4) is 0 Å². The van der Waals surface area contributed by atoms with Gasteiger partial charge in [-0.3, -0.25) is 9.59 Å². The van der Waals surface area contributed by atoms with Gasteiger partial charge < -0.3 is 20.3 Å². The number of allylic oxidation sites excluding steroid dienone is 3. The zero-order chi connectivity index (χ0) is 55.0. The Morgan fingerprint density at radius 1 is 0.355 bits per heavy atom. The van der Waals surface area contributed by atoms with Gasteiger partial charge in [0.25, 0.3) is 0 Å². The summed E-state index contributed by atoms with van der Waals surface area (Å²) in [6, 6.07) is -0.630. The van der Waals surface area contributed by atoms with Crippen LogP contribution in [-0.2, 0) is 14.3 Å². The maximum absolute atomic E-state index is 12.5. The number of aliphatic hydroxyl groups is 2. The van der Waals surface area contributed by atoms with E-state index in [1.807, 2.05) is 6.08 Å². The van der Waals surface area contributed by atoms with Gasteiger partial charge in [0, 0.05) is 12.8 Å². The van der Waals surface area contributed by atoms with Crippen molar-refractivity contribution in [1.82, 2.24) is 5.32 Å². The number of carbonyl (C=O) groups excluding carboxylic acids is 2. The van der Waals surface area contributed by atoms with Crippen molar-refractivity contribution < 1.29 is 24.5 Å². The Hall–Kier alpha value is -1.66. The number of ether oxygens (including phenoxy) is 1. The number of aliphatic hydroxyl groups excluding tert-OH is 2. The molecular weight excluding hydrogens is 935 g/mol. The molecule has 0 aliphatic heterocycles. The highest BCUT2D eigenvalue weighted by Gasteiger charge is 2.18. The van der Waals surface area contributed by atoms with E-state index in [9.17, 15) is 19.8 Å². The SMILES string of the molecule is CCCCCCCCC/C=C\CCCCCCCC(=O)OCCCCCCCCCCCCCCCCCCCCCCCC(=O)NC(CO)C(O)/C=C/CCCCCCCCCCCCCCCCCCCCCC. The van der Waals surface area contributed by atoms with E-state index in [4.69, 9.17) is 4.74 Å². The standard InChI is InChI=1S/C70H135NO5/c1-3-5-7-9-11-13-15-17-19-21-22-23-25-28-31-34-38-42-46-50-54-58-62-68(73)67(66-72)71-69(74)63-59-55-51-47-43-39-35-32-29-26-24-27-30-33-37-41-45-49-53-57-61-65-76-70(75)64-60-56-52-48-44-40-36-20-18-16-14-12-10-8-6-4-2/h20,36,58,62,67-68,72-73H,3-19,21-35,37-57,59-61,63-66H2,1-2H3,(H,71,74)/b36-20-,62-58+. The van der Waals surface area contributed by atoms with E-state index in [1.165, 1.54) is 315 Å². The van der Waals surface area contributed by atoms with E-state index in [0.29, 0.717) is 19.4 Å². The van der Waals surface area contributed by atoms with Gasteiger partial charge in [0.2, 0.25) is 5.91 Å². The van der Waals surface area contributed by atoms with Crippen molar-refractivity contribution in [2.75, 3.05) is 13.2 Å². The molecule has 0 spiro atoms. The highest BCUT2D eigenvalue weighted by atomic mass is 16.5. The van der Waals surface area contributed by atoms with Crippen LogP contribution in [-0.4, -0.2) is 47.4 Å². The molecule has 1 amide bonds. The third-order valence-electron chi connectivity index (χ3n) is 16.2. The minimum atomic E-state index is -0.846. The van der Waals surface area contributed by atoms with Crippen LogP contribution < -0.4 is 5.32 Å². The number of esters is 1. The third-order valence-corrected chi connectivity index (χ3v) is 16.2. The number of rotatable bonds is 65. The zero-order valence-electron chi connectivity index (χ0n) is 51.5. The molecule has 3 N–H and O–H groups in total. The molecule has 0 aliphatic rings. The maximum atomic E-state index is 12.5. The lowest BCUT2D eigenvalue weighted by atomic mass is 10.0. The summed E-state index contributed by atoms with van der Waals surface area (Å²) in [6.07, 6.45) is 82.4. The number of unbranched alkanes of at least 4 members (excludes halogenated alkanes) is 52. The second-order valence-corrected chi connectivity index (χ2v) is 23.9. The summed E-state index contributed by atoms with van der Waals surface area (Å²) >= 11 is 0. The summed E-state index contributed by atoms with van der Waals surface area (Å²) in [7, 11) is 0. The normalized spacial score (nSPS) is 12.6. The molecule has 0 aromatic carbocycles. The molecule has 0 rings (SSSR count). The molecule has 0 aromatic rings. The number of nitrogens with one attached hydrogen (secondary N) is 1. The molecule has 0 bridgehead atoms. The van der Waals surface area contributed by atoms with E-state index in [0.717, 1.165) is 44.9 Å². The molecular formula is C70H135NO5. The van der Waals surface area contributed by atoms with Crippen LogP contribution in [0.1, 0.15) is 386 Å². The average Bonchev–Trinajstić information content (AvgIpc) is 3.42.